The van der Waals surface area contributed by atoms with E-state index in [1.54, 1.807) is 0 Å². The molecule has 0 spiro atoms. The molecule has 0 aliphatic carbocycles. The van der Waals surface area contributed by atoms with Crippen LogP contribution in [0.25, 0.3) is 0 Å². The van der Waals surface area contributed by atoms with E-state index in [1.807, 2.05) is 0 Å². The molecule has 0 aliphatic heterocycles. The van der Waals surface area contributed by atoms with Gasteiger partial charge in [0.1, 0.15) is 0 Å². The van der Waals surface area contributed by atoms with Crippen LogP contribution in [0.15, 0.2) is 0 Å². The van der Waals surface area contributed by atoms with Crippen molar-refractivity contribution in [1.82, 2.24) is 5.32 Å². The maximum atomic E-state index is 3.60. The van der Waals surface area contributed by atoms with Gasteiger partial charge in [0, 0.05) is 6.04 Å². The number of rotatable bonds is 12. The third-order valence-electron chi connectivity index (χ3n) is 6.08. The van der Waals surface area contributed by atoms with Crippen LogP contribution in [0, 0.1) is 29.6 Å². The molecule has 21 heavy (non-hydrogen) atoms. The highest BCUT2D eigenvalue weighted by atomic mass is 14.9. The molecule has 0 bridgehead atoms. The van der Waals surface area contributed by atoms with Gasteiger partial charge in [0.25, 0.3) is 0 Å². The summed E-state index contributed by atoms with van der Waals surface area (Å²) in [7, 11) is 0. The van der Waals surface area contributed by atoms with Gasteiger partial charge in [-0.3, -0.25) is 0 Å². The first kappa shape index (κ1) is 21.0. The largest absolute Gasteiger partial charge is 0.314 e. The summed E-state index contributed by atoms with van der Waals surface area (Å²) in [6, 6.07) is 0.636. The Labute approximate surface area is 135 Å². The normalized spacial score (nSPS) is 19.3. The third kappa shape index (κ3) is 7.68. The van der Waals surface area contributed by atoms with E-state index < -0.39 is 0 Å². The summed E-state index contributed by atoms with van der Waals surface area (Å²) in [5, 5.41) is 3.60. The van der Waals surface area contributed by atoms with Crippen LogP contribution in [0.4, 0.5) is 0 Å². The van der Waals surface area contributed by atoms with Crippen LogP contribution < -0.4 is 5.32 Å². The van der Waals surface area contributed by atoms with Crippen LogP contribution in [-0.4, -0.2) is 12.6 Å². The van der Waals surface area contributed by atoms with E-state index in [4.69, 9.17) is 0 Å². The standard InChI is InChI=1S/C20H43N/c1-9-19(10-2)13-16(6)20(11-3)14-15(5)17(7)18(8)21-12-4/h15-21H,9-14H2,1-8H3. The van der Waals surface area contributed by atoms with Crippen molar-refractivity contribution >= 4 is 0 Å². The van der Waals surface area contributed by atoms with Crippen molar-refractivity contribution in [3.63, 3.8) is 0 Å². The molecule has 0 heterocycles. The molecule has 0 saturated carbocycles. The van der Waals surface area contributed by atoms with Gasteiger partial charge >= 0.3 is 0 Å². The van der Waals surface area contributed by atoms with E-state index in [1.165, 1.54) is 32.1 Å². The second kappa shape index (κ2) is 11.5. The van der Waals surface area contributed by atoms with Gasteiger partial charge in [-0.05, 0) is 55.9 Å². The van der Waals surface area contributed by atoms with Gasteiger partial charge in [-0.25, -0.2) is 0 Å². The SMILES string of the molecule is CCNC(C)C(C)C(C)CC(CC)C(C)CC(CC)CC. The average molecular weight is 298 g/mol. The summed E-state index contributed by atoms with van der Waals surface area (Å²) in [4.78, 5) is 0. The fourth-order valence-electron chi connectivity index (χ4n) is 3.83. The highest BCUT2D eigenvalue weighted by molar-refractivity contribution is 4.77. The molecule has 0 radical (unpaired) electrons. The van der Waals surface area contributed by atoms with Crippen molar-refractivity contribution in [2.24, 2.45) is 29.6 Å². The van der Waals surface area contributed by atoms with E-state index >= 15 is 0 Å². The van der Waals surface area contributed by atoms with E-state index in [9.17, 15) is 0 Å². The lowest BCUT2D eigenvalue weighted by atomic mass is 9.75. The van der Waals surface area contributed by atoms with Gasteiger partial charge in [-0.15, -0.1) is 0 Å². The second-order valence-electron chi connectivity index (χ2n) is 7.48. The summed E-state index contributed by atoms with van der Waals surface area (Å²) < 4.78 is 0. The van der Waals surface area contributed by atoms with Crippen LogP contribution in [-0.2, 0) is 0 Å². The fraction of sp³-hybridized carbons (Fsp3) is 1.00. The molecule has 0 aromatic heterocycles. The van der Waals surface area contributed by atoms with Gasteiger partial charge in [0.05, 0.1) is 0 Å². The molecule has 0 aromatic carbocycles. The van der Waals surface area contributed by atoms with Gasteiger partial charge in [0.2, 0.25) is 0 Å². The zero-order chi connectivity index (χ0) is 16.4. The Morgan fingerprint density at radius 3 is 1.71 bits per heavy atom. The Hall–Kier alpha value is -0.0400. The molecule has 5 atom stereocenters. The zero-order valence-corrected chi connectivity index (χ0v) is 16.2. The molecule has 1 heteroatoms. The zero-order valence-electron chi connectivity index (χ0n) is 16.2. The first-order chi connectivity index (χ1) is 9.90. The van der Waals surface area contributed by atoms with Crippen molar-refractivity contribution in [3.05, 3.63) is 0 Å². The molecular formula is C20H43N. The summed E-state index contributed by atoms with van der Waals surface area (Å²) in [5.74, 6) is 4.29. The first-order valence-electron chi connectivity index (χ1n) is 9.64. The fourth-order valence-corrected chi connectivity index (χ4v) is 3.83. The number of hydrogen-bond donors (Lipinski definition) is 1. The molecule has 5 unspecified atom stereocenters. The molecule has 0 aliphatic rings. The highest BCUT2D eigenvalue weighted by Gasteiger charge is 2.25. The first-order valence-corrected chi connectivity index (χ1v) is 9.64. The Balaban J connectivity index is 4.46. The predicted octanol–water partition coefficient (Wildman–Crippen LogP) is 6.14. The van der Waals surface area contributed by atoms with Crippen LogP contribution >= 0.6 is 0 Å². The lowest BCUT2D eigenvalue weighted by Gasteiger charge is -2.33. The van der Waals surface area contributed by atoms with Gasteiger partial charge in [-0.2, -0.15) is 0 Å². The molecule has 128 valence electrons. The minimum Gasteiger partial charge on any atom is -0.314 e. The lowest BCUT2D eigenvalue weighted by molar-refractivity contribution is 0.193. The number of nitrogens with one attached hydrogen (secondary N) is 1. The van der Waals surface area contributed by atoms with Crippen molar-refractivity contribution in [2.45, 2.75) is 93.5 Å². The van der Waals surface area contributed by atoms with Crippen LogP contribution in [0.3, 0.4) is 0 Å². The molecule has 0 amide bonds. The van der Waals surface area contributed by atoms with Gasteiger partial charge in [-0.1, -0.05) is 67.7 Å². The van der Waals surface area contributed by atoms with E-state index in [2.05, 4.69) is 60.7 Å². The van der Waals surface area contributed by atoms with Crippen LogP contribution in [0.1, 0.15) is 87.5 Å². The van der Waals surface area contributed by atoms with Crippen molar-refractivity contribution in [1.29, 1.82) is 0 Å². The predicted molar refractivity (Wildman–Crippen MR) is 97.7 cm³/mol. The van der Waals surface area contributed by atoms with Gasteiger partial charge in [0.15, 0.2) is 0 Å². The molecule has 0 fully saturated rings. The summed E-state index contributed by atoms with van der Waals surface area (Å²) >= 11 is 0. The highest BCUT2D eigenvalue weighted by Crippen LogP contribution is 2.33. The molecular weight excluding hydrogens is 254 g/mol. The topological polar surface area (TPSA) is 12.0 Å². The molecule has 1 nitrogen and oxygen atoms in total. The van der Waals surface area contributed by atoms with Crippen LogP contribution in [0.2, 0.25) is 0 Å². The summed E-state index contributed by atoms with van der Waals surface area (Å²) in [6.07, 6.45) is 6.86. The third-order valence-corrected chi connectivity index (χ3v) is 6.08. The van der Waals surface area contributed by atoms with Crippen LogP contribution in [0.5, 0.6) is 0 Å². The molecule has 1 N–H and O–H groups in total. The van der Waals surface area contributed by atoms with E-state index in [0.717, 1.165) is 36.1 Å². The lowest BCUT2D eigenvalue weighted by Crippen LogP contribution is -2.36. The van der Waals surface area contributed by atoms with Crippen molar-refractivity contribution < 1.29 is 0 Å². The Kier molecular flexibility index (Phi) is 11.5. The minimum atomic E-state index is 0.636. The monoisotopic (exact) mass is 297 g/mol. The maximum absolute atomic E-state index is 3.60. The smallest absolute Gasteiger partial charge is 0.00667 e. The van der Waals surface area contributed by atoms with Crippen molar-refractivity contribution in [3.8, 4) is 0 Å². The van der Waals surface area contributed by atoms with Gasteiger partial charge < -0.3 is 5.32 Å². The Morgan fingerprint density at radius 1 is 0.714 bits per heavy atom. The molecule has 0 rings (SSSR count). The average Bonchev–Trinajstić information content (AvgIpc) is 2.48. The summed E-state index contributed by atoms with van der Waals surface area (Å²) in [6.45, 7) is 20.1. The molecule has 0 aromatic rings. The quantitative estimate of drug-likeness (QED) is 0.456. The Morgan fingerprint density at radius 2 is 1.29 bits per heavy atom. The second-order valence-corrected chi connectivity index (χ2v) is 7.48. The Bertz CT molecular complexity index is 234. The number of hydrogen-bond acceptors (Lipinski definition) is 1. The maximum Gasteiger partial charge on any atom is 0.00667 e. The van der Waals surface area contributed by atoms with Crippen molar-refractivity contribution in [2.75, 3.05) is 6.54 Å². The molecule has 0 saturated heterocycles. The summed E-state index contributed by atoms with van der Waals surface area (Å²) in [5.41, 5.74) is 0. The van der Waals surface area contributed by atoms with E-state index in [-0.39, 0.29) is 0 Å². The minimum absolute atomic E-state index is 0.636. The van der Waals surface area contributed by atoms with E-state index in [0.29, 0.717) is 6.04 Å².